The van der Waals surface area contributed by atoms with Crippen molar-refractivity contribution in [3.8, 4) is 0 Å². The van der Waals surface area contributed by atoms with Crippen LogP contribution in [0.25, 0.3) is 0 Å². The molecule has 1 saturated carbocycles. The minimum Gasteiger partial charge on any atom is -0.315 e. The zero-order valence-electron chi connectivity index (χ0n) is 13.6. The van der Waals surface area contributed by atoms with Crippen molar-refractivity contribution in [3.63, 3.8) is 0 Å². The molecule has 0 aromatic carbocycles. The normalized spacial score (nSPS) is 33.8. The molecule has 2 unspecified atom stereocenters. The number of hydrogen-bond acceptors (Lipinski definition) is 3. The first-order valence-corrected chi connectivity index (χ1v) is 8.08. The van der Waals surface area contributed by atoms with Gasteiger partial charge in [0.1, 0.15) is 0 Å². The lowest BCUT2D eigenvalue weighted by Crippen LogP contribution is -2.59. The van der Waals surface area contributed by atoms with Crippen molar-refractivity contribution in [2.75, 3.05) is 33.2 Å². The predicted octanol–water partition coefficient (Wildman–Crippen LogP) is 2.18. The van der Waals surface area contributed by atoms with Crippen LogP contribution in [0.1, 0.15) is 47.0 Å². The van der Waals surface area contributed by atoms with E-state index in [0.29, 0.717) is 17.5 Å². The minimum absolute atomic E-state index is 0.521. The van der Waals surface area contributed by atoms with Gasteiger partial charge in [0, 0.05) is 44.3 Å². The Hall–Kier alpha value is -0.120. The highest BCUT2D eigenvalue weighted by molar-refractivity contribution is 4.95. The molecule has 0 bridgehead atoms. The maximum Gasteiger partial charge on any atom is 0.0255 e. The van der Waals surface area contributed by atoms with Crippen LogP contribution >= 0.6 is 0 Å². The fourth-order valence-corrected chi connectivity index (χ4v) is 3.85. The van der Waals surface area contributed by atoms with Gasteiger partial charge in [0.25, 0.3) is 0 Å². The molecule has 3 nitrogen and oxygen atoms in total. The third-order valence-corrected chi connectivity index (χ3v) is 5.28. The van der Waals surface area contributed by atoms with Gasteiger partial charge >= 0.3 is 0 Å². The highest BCUT2D eigenvalue weighted by Gasteiger charge is 2.38. The van der Waals surface area contributed by atoms with Crippen molar-refractivity contribution >= 4 is 0 Å². The van der Waals surface area contributed by atoms with E-state index in [1.54, 1.807) is 0 Å². The summed E-state index contributed by atoms with van der Waals surface area (Å²) in [5, 5.41) is 3.57. The van der Waals surface area contributed by atoms with Crippen molar-refractivity contribution in [3.05, 3.63) is 0 Å². The van der Waals surface area contributed by atoms with Crippen LogP contribution in [0.5, 0.6) is 0 Å². The van der Waals surface area contributed by atoms with E-state index in [1.165, 1.54) is 45.4 Å². The van der Waals surface area contributed by atoms with E-state index in [9.17, 15) is 0 Å². The number of nitrogens with one attached hydrogen (secondary N) is 1. The standard InChI is InChI=1S/C16H33N3/c1-13(2)18-8-10-19(11-9-18)15-12-16(3,4)7-6-14(15)17-5/h13-15,17H,6-12H2,1-5H3. The van der Waals surface area contributed by atoms with Crippen LogP contribution in [-0.2, 0) is 0 Å². The Morgan fingerprint density at radius 1 is 1.11 bits per heavy atom. The Balaban J connectivity index is 1.95. The van der Waals surface area contributed by atoms with Gasteiger partial charge in [-0.1, -0.05) is 13.8 Å². The molecule has 1 heterocycles. The molecule has 1 aliphatic carbocycles. The van der Waals surface area contributed by atoms with Crippen LogP contribution < -0.4 is 5.32 Å². The van der Waals surface area contributed by atoms with Gasteiger partial charge in [-0.25, -0.2) is 0 Å². The van der Waals surface area contributed by atoms with E-state index in [-0.39, 0.29) is 0 Å². The molecule has 0 spiro atoms. The molecule has 19 heavy (non-hydrogen) atoms. The van der Waals surface area contributed by atoms with Crippen molar-refractivity contribution in [2.45, 2.75) is 65.1 Å². The minimum atomic E-state index is 0.521. The Morgan fingerprint density at radius 3 is 2.26 bits per heavy atom. The molecule has 0 radical (unpaired) electrons. The first-order valence-electron chi connectivity index (χ1n) is 8.08. The summed E-state index contributed by atoms with van der Waals surface area (Å²) in [6.07, 6.45) is 4.04. The summed E-state index contributed by atoms with van der Waals surface area (Å²) < 4.78 is 0. The van der Waals surface area contributed by atoms with Gasteiger partial charge in [0.15, 0.2) is 0 Å². The molecule has 112 valence electrons. The first-order chi connectivity index (χ1) is 8.93. The number of piperazine rings is 1. The molecular formula is C16H33N3. The van der Waals surface area contributed by atoms with Crippen LogP contribution in [0, 0.1) is 5.41 Å². The van der Waals surface area contributed by atoms with E-state index in [0.717, 1.165) is 6.04 Å². The largest absolute Gasteiger partial charge is 0.315 e. The Bertz CT molecular complexity index is 280. The summed E-state index contributed by atoms with van der Waals surface area (Å²) >= 11 is 0. The summed E-state index contributed by atoms with van der Waals surface area (Å²) in [7, 11) is 2.14. The summed E-state index contributed by atoms with van der Waals surface area (Å²) in [6, 6.07) is 2.13. The topological polar surface area (TPSA) is 18.5 Å². The van der Waals surface area contributed by atoms with Crippen molar-refractivity contribution < 1.29 is 0 Å². The molecule has 1 aliphatic heterocycles. The fraction of sp³-hybridized carbons (Fsp3) is 1.00. The van der Waals surface area contributed by atoms with Gasteiger partial charge in [-0.15, -0.1) is 0 Å². The molecule has 2 rings (SSSR count). The molecule has 0 aromatic heterocycles. The molecule has 2 aliphatic rings. The Kier molecular flexibility index (Phi) is 4.91. The van der Waals surface area contributed by atoms with Crippen LogP contribution in [0.2, 0.25) is 0 Å². The predicted molar refractivity (Wildman–Crippen MR) is 82.5 cm³/mol. The highest BCUT2D eigenvalue weighted by atomic mass is 15.3. The Labute approximate surface area is 119 Å². The van der Waals surface area contributed by atoms with Crippen molar-refractivity contribution in [1.82, 2.24) is 15.1 Å². The lowest BCUT2D eigenvalue weighted by Gasteiger charge is -2.49. The third kappa shape index (κ3) is 3.71. The SMILES string of the molecule is CNC1CCC(C)(C)CC1N1CCN(C(C)C)CC1. The maximum atomic E-state index is 3.57. The number of likely N-dealkylation sites (N-methyl/N-ethyl adjacent to an activating group) is 1. The summed E-state index contributed by atoms with van der Waals surface area (Å²) in [5.41, 5.74) is 0.521. The number of rotatable bonds is 3. The van der Waals surface area contributed by atoms with Crippen LogP contribution in [-0.4, -0.2) is 61.2 Å². The van der Waals surface area contributed by atoms with Crippen LogP contribution in [0.15, 0.2) is 0 Å². The quantitative estimate of drug-likeness (QED) is 0.845. The monoisotopic (exact) mass is 267 g/mol. The Morgan fingerprint density at radius 2 is 1.74 bits per heavy atom. The average Bonchev–Trinajstić information content (AvgIpc) is 2.38. The van der Waals surface area contributed by atoms with E-state index in [2.05, 4.69) is 49.9 Å². The van der Waals surface area contributed by atoms with Crippen molar-refractivity contribution in [2.24, 2.45) is 5.41 Å². The molecular weight excluding hydrogens is 234 g/mol. The molecule has 3 heteroatoms. The molecule has 1 N–H and O–H groups in total. The fourth-order valence-electron chi connectivity index (χ4n) is 3.85. The summed E-state index contributed by atoms with van der Waals surface area (Å²) in [4.78, 5) is 5.36. The average molecular weight is 267 g/mol. The zero-order valence-corrected chi connectivity index (χ0v) is 13.6. The van der Waals surface area contributed by atoms with E-state index in [1.807, 2.05) is 0 Å². The second-order valence-corrected chi connectivity index (χ2v) is 7.54. The van der Waals surface area contributed by atoms with Gasteiger partial charge in [0.2, 0.25) is 0 Å². The highest BCUT2D eigenvalue weighted by Crippen LogP contribution is 2.37. The van der Waals surface area contributed by atoms with Gasteiger partial charge < -0.3 is 5.32 Å². The van der Waals surface area contributed by atoms with Crippen LogP contribution in [0.4, 0.5) is 0 Å². The lowest BCUT2D eigenvalue weighted by molar-refractivity contribution is 0.0230. The molecule has 0 aromatic rings. The zero-order chi connectivity index (χ0) is 14.0. The summed E-state index contributed by atoms with van der Waals surface area (Å²) in [6.45, 7) is 14.5. The van der Waals surface area contributed by atoms with E-state index >= 15 is 0 Å². The summed E-state index contributed by atoms with van der Waals surface area (Å²) in [5.74, 6) is 0. The van der Waals surface area contributed by atoms with E-state index < -0.39 is 0 Å². The van der Waals surface area contributed by atoms with Gasteiger partial charge in [-0.05, 0) is 45.6 Å². The lowest BCUT2D eigenvalue weighted by atomic mass is 9.72. The van der Waals surface area contributed by atoms with Crippen molar-refractivity contribution in [1.29, 1.82) is 0 Å². The molecule has 2 atom stereocenters. The first kappa shape index (κ1) is 15.3. The molecule has 2 fully saturated rings. The van der Waals surface area contributed by atoms with Gasteiger partial charge in [0.05, 0.1) is 0 Å². The van der Waals surface area contributed by atoms with Gasteiger partial charge in [-0.2, -0.15) is 0 Å². The number of nitrogens with zero attached hydrogens (tertiary/aromatic N) is 2. The molecule has 1 saturated heterocycles. The second kappa shape index (κ2) is 6.11. The maximum absolute atomic E-state index is 3.57. The molecule has 0 amide bonds. The third-order valence-electron chi connectivity index (χ3n) is 5.28. The number of hydrogen-bond donors (Lipinski definition) is 1. The smallest absolute Gasteiger partial charge is 0.0255 e. The van der Waals surface area contributed by atoms with Crippen LogP contribution in [0.3, 0.4) is 0 Å². The second-order valence-electron chi connectivity index (χ2n) is 7.54. The van der Waals surface area contributed by atoms with Gasteiger partial charge in [-0.3, -0.25) is 9.80 Å². The van der Waals surface area contributed by atoms with E-state index in [4.69, 9.17) is 0 Å².